The second kappa shape index (κ2) is 9.15. The molecule has 9 nitrogen and oxygen atoms in total. The highest BCUT2D eigenvalue weighted by atomic mass is 16.2. The number of rotatable bonds is 7. The molecule has 9 heteroatoms. The number of nitrogens with zero attached hydrogens (tertiary/aromatic N) is 4. The van der Waals surface area contributed by atoms with Gasteiger partial charge in [-0.05, 0) is 37.2 Å². The van der Waals surface area contributed by atoms with Crippen molar-refractivity contribution in [3.8, 4) is 0 Å². The van der Waals surface area contributed by atoms with Gasteiger partial charge in [-0.25, -0.2) is 0 Å². The number of nitrogens with one attached hydrogen (secondary N) is 1. The Kier molecular flexibility index (Phi) is 6.33. The summed E-state index contributed by atoms with van der Waals surface area (Å²) in [6, 6.07) is 5.95. The maximum atomic E-state index is 12.2. The van der Waals surface area contributed by atoms with Crippen molar-refractivity contribution in [2.24, 2.45) is 0 Å². The maximum Gasteiger partial charge on any atom is 0.243 e. The minimum Gasteiger partial charge on any atom is -0.369 e. The van der Waals surface area contributed by atoms with E-state index in [1.165, 1.54) is 0 Å². The van der Waals surface area contributed by atoms with Gasteiger partial charge in [-0.2, -0.15) is 0 Å². The smallest absolute Gasteiger partial charge is 0.243 e. The van der Waals surface area contributed by atoms with Gasteiger partial charge in [-0.15, -0.1) is 0 Å². The number of likely N-dealkylation sites (N-methyl/N-ethyl adjacent to an activating group) is 1. The van der Waals surface area contributed by atoms with Crippen LogP contribution >= 0.6 is 0 Å². The van der Waals surface area contributed by atoms with Crippen molar-refractivity contribution in [3.63, 3.8) is 0 Å². The Balaban J connectivity index is 1.39. The average molecular weight is 428 g/mol. The first-order valence-electron chi connectivity index (χ1n) is 10.8. The minimum atomic E-state index is -0.377. The van der Waals surface area contributed by atoms with Crippen molar-refractivity contribution in [1.82, 2.24) is 20.0 Å². The standard InChI is InChI=1S/C22H29N5O4/c1-24(20-4-5-21(30)23-22(20)31)11-17-10-18(3-2-16(17)14-28)26-6-8-27(9-7-26)19-12-25(13-19)15-29/h2-3,10,14-15,19-20H,4-9,11-13H2,1H3,(H,23,30,31). The van der Waals surface area contributed by atoms with Crippen LogP contribution in [0, 0.1) is 0 Å². The van der Waals surface area contributed by atoms with E-state index in [4.69, 9.17) is 0 Å². The predicted molar refractivity (Wildman–Crippen MR) is 115 cm³/mol. The fourth-order valence-electron chi connectivity index (χ4n) is 4.67. The van der Waals surface area contributed by atoms with E-state index in [0.717, 1.165) is 63.2 Å². The summed E-state index contributed by atoms with van der Waals surface area (Å²) < 4.78 is 0. The fraction of sp³-hybridized carbons (Fsp3) is 0.545. The topological polar surface area (TPSA) is 93.3 Å². The van der Waals surface area contributed by atoms with Crippen LogP contribution in [-0.2, 0) is 20.9 Å². The first-order valence-corrected chi connectivity index (χ1v) is 10.8. The lowest BCUT2D eigenvalue weighted by Gasteiger charge is -2.47. The molecule has 3 aliphatic heterocycles. The van der Waals surface area contributed by atoms with Gasteiger partial charge in [0, 0.05) is 69.5 Å². The molecule has 3 saturated heterocycles. The highest BCUT2D eigenvalue weighted by Crippen LogP contribution is 2.24. The quantitative estimate of drug-likeness (QED) is 0.472. The van der Waals surface area contributed by atoms with E-state index in [1.54, 1.807) is 4.90 Å². The average Bonchev–Trinajstić information content (AvgIpc) is 2.73. The van der Waals surface area contributed by atoms with Crippen molar-refractivity contribution in [2.75, 3.05) is 51.2 Å². The molecule has 3 heterocycles. The predicted octanol–water partition coefficient (Wildman–Crippen LogP) is -0.301. The van der Waals surface area contributed by atoms with Crippen molar-refractivity contribution < 1.29 is 19.2 Å². The number of aldehydes is 1. The van der Waals surface area contributed by atoms with Gasteiger partial charge in [0.05, 0.1) is 6.04 Å². The molecule has 0 spiro atoms. The molecule has 1 aromatic rings. The van der Waals surface area contributed by atoms with Gasteiger partial charge in [0.15, 0.2) is 0 Å². The second-order valence-electron chi connectivity index (χ2n) is 8.62. The molecule has 166 valence electrons. The number of amides is 3. The summed E-state index contributed by atoms with van der Waals surface area (Å²) >= 11 is 0. The molecule has 1 aromatic carbocycles. The summed E-state index contributed by atoms with van der Waals surface area (Å²) in [7, 11) is 1.85. The van der Waals surface area contributed by atoms with E-state index >= 15 is 0 Å². The zero-order valence-corrected chi connectivity index (χ0v) is 17.8. The third-order valence-corrected chi connectivity index (χ3v) is 6.65. The zero-order valence-electron chi connectivity index (χ0n) is 17.8. The van der Waals surface area contributed by atoms with E-state index in [0.29, 0.717) is 31.0 Å². The molecule has 0 saturated carbocycles. The van der Waals surface area contributed by atoms with Crippen LogP contribution in [0.1, 0.15) is 28.8 Å². The van der Waals surface area contributed by atoms with Gasteiger partial charge < -0.3 is 9.80 Å². The third-order valence-electron chi connectivity index (χ3n) is 6.65. The molecule has 3 amide bonds. The summed E-state index contributed by atoms with van der Waals surface area (Å²) in [5, 5.41) is 2.39. The Morgan fingerprint density at radius 2 is 1.87 bits per heavy atom. The van der Waals surface area contributed by atoms with E-state index in [9.17, 15) is 19.2 Å². The molecule has 0 aromatic heterocycles. The van der Waals surface area contributed by atoms with Crippen molar-refractivity contribution in [3.05, 3.63) is 29.3 Å². The van der Waals surface area contributed by atoms with Gasteiger partial charge in [0.2, 0.25) is 18.2 Å². The Morgan fingerprint density at radius 3 is 2.52 bits per heavy atom. The van der Waals surface area contributed by atoms with Gasteiger partial charge in [0.1, 0.15) is 6.29 Å². The number of imide groups is 1. The fourth-order valence-corrected chi connectivity index (χ4v) is 4.67. The first-order chi connectivity index (χ1) is 15.0. The van der Waals surface area contributed by atoms with Gasteiger partial charge in [0.25, 0.3) is 0 Å². The molecular weight excluding hydrogens is 398 g/mol. The highest BCUT2D eigenvalue weighted by molar-refractivity contribution is 6.00. The van der Waals surface area contributed by atoms with E-state index in [1.807, 2.05) is 30.1 Å². The summed E-state index contributed by atoms with van der Waals surface area (Å²) in [5.41, 5.74) is 2.56. The summed E-state index contributed by atoms with van der Waals surface area (Å²) in [6.45, 7) is 5.75. The molecule has 1 unspecified atom stereocenters. The van der Waals surface area contributed by atoms with Crippen LogP contribution in [0.25, 0.3) is 0 Å². The van der Waals surface area contributed by atoms with Gasteiger partial charge in [-0.3, -0.25) is 34.3 Å². The number of hydrogen-bond donors (Lipinski definition) is 1. The number of likely N-dealkylation sites (tertiary alicyclic amines) is 1. The van der Waals surface area contributed by atoms with Crippen LogP contribution in [0.4, 0.5) is 5.69 Å². The number of hydrogen-bond acceptors (Lipinski definition) is 7. The number of anilines is 1. The molecule has 1 atom stereocenters. The van der Waals surface area contributed by atoms with Crippen LogP contribution in [0.3, 0.4) is 0 Å². The third kappa shape index (κ3) is 4.62. The normalized spacial score (nSPS) is 23.0. The van der Waals surface area contributed by atoms with Gasteiger partial charge in [-0.1, -0.05) is 0 Å². The zero-order chi connectivity index (χ0) is 22.0. The van der Waals surface area contributed by atoms with Crippen LogP contribution in [-0.4, -0.2) is 97.6 Å². The lowest BCUT2D eigenvalue weighted by Crippen LogP contribution is -2.62. The lowest BCUT2D eigenvalue weighted by atomic mass is 10.0. The maximum absolute atomic E-state index is 12.2. The Hall–Kier alpha value is -2.78. The molecule has 4 rings (SSSR count). The van der Waals surface area contributed by atoms with Crippen molar-refractivity contribution in [2.45, 2.75) is 31.5 Å². The number of piperazine rings is 1. The van der Waals surface area contributed by atoms with Crippen LogP contribution in [0.15, 0.2) is 18.2 Å². The number of carbonyl (C=O) groups is 4. The number of carbonyl (C=O) groups excluding carboxylic acids is 4. The Bertz CT molecular complexity index is 861. The Labute approximate surface area is 181 Å². The summed E-state index contributed by atoms with van der Waals surface area (Å²) in [6.07, 6.45) is 2.58. The molecular formula is C22H29N5O4. The number of piperidine rings is 1. The second-order valence-corrected chi connectivity index (χ2v) is 8.62. The molecule has 0 bridgehead atoms. The molecule has 0 aliphatic carbocycles. The first kappa shape index (κ1) is 21.5. The van der Waals surface area contributed by atoms with Crippen LogP contribution in [0.5, 0.6) is 0 Å². The largest absolute Gasteiger partial charge is 0.369 e. The molecule has 3 aliphatic rings. The summed E-state index contributed by atoms with van der Waals surface area (Å²) in [4.78, 5) is 54.4. The summed E-state index contributed by atoms with van der Waals surface area (Å²) in [5.74, 6) is -0.507. The van der Waals surface area contributed by atoms with Crippen LogP contribution < -0.4 is 10.2 Å². The van der Waals surface area contributed by atoms with Crippen molar-refractivity contribution >= 4 is 30.2 Å². The monoisotopic (exact) mass is 427 g/mol. The molecule has 3 fully saturated rings. The van der Waals surface area contributed by atoms with E-state index < -0.39 is 0 Å². The molecule has 31 heavy (non-hydrogen) atoms. The van der Waals surface area contributed by atoms with Crippen molar-refractivity contribution in [1.29, 1.82) is 0 Å². The van der Waals surface area contributed by atoms with E-state index in [2.05, 4.69) is 15.1 Å². The minimum absolute atomic E-state index is 0.231. The Morgan fingerprint density at radius 1 is 1.13 bits per heavy atom. The van der Waals surface area contributed by atoms with Gasteiger partial charge >= 0.3 is 0 Å². The van der Waals surface area contributed by atoms with Crippen LogP contribution in [0.2, 0.25) is 0 Å². The molecule has 1 N–H and O–H groups in total. The lowest BCUT2D eigenvalue weighted by molar-refractivity contribution is -0.137. The SMILES string of the molecule is CN(Cc1cc(N2CCN(C3CN(C=O)C3)CC2)ccc1C=O)C1CCC(=O)NC1=O. The molecule has 0 radical (unpaired) electrons. The highest BCUT2D eigenvalue weighted by Gasteiger charge is 2.33. The van der Waals surface area contributed by atoms with E-state index in [-0.39, 0.29) is 17.9 Å². The number of benzene rings is 1.